The molecule has 0 fully saturated rings. The third-order valence-corrected chi connectivity index (χ3v) is 13.8. The lowest BCUT2D eigenvalue weighted by molar-refractivity contribution is 0.140. The molecule has 0 aliphatic carbocycles. The first kappa shape index (κ1) is 67.6. The summed E-state index contributed by atoms with van der Waals surface area (Å²) in [6.07, 6.45) is 30.0. The molecule has 0 bridgehead atoms. The predicted octanol–water partition coefficient (Wildman–Crippen LogP) is 22.6. The Balaban J connectivity index is -0.000000396. The summed E-state index contributed by atoms with van der Waals surface area (Å²) in [6.45, 7) is 57.3. The molecule has 0 spiro atoms. The van der Waals surface area contributed by atoms with Gasteiger partial charge in [-0.05, 0) is 164 Å². The van der Waals surface area contributed by atoms with Gasteiger partial charge in [0.25, 0.3) is 0 Å². The van der Waals surface area contributed by atoms with E-state index in [4.69, 9.17) is 0 Å². The Kier molecular flexibility index (Phi) is 41.1. The van der Waals surface area contributed by atoms with Crippen molar-refractivity contribution < 1.29 is 0 Å². The van der Waals surface area contributed by atoms with Gasteiger partial charge >= 0.3 is 0 Å². The van der Waals surface area contributed by atoms with E-state index >= 15 is 0 Å². The van der Waals surface area contributed by atoms with Gasteiger partial charge in [0.2, 0.25) is 0 Å². The number of rotatable bonds is 33. The zero-order chi connectivity index (χ0) is 47.3. The Morgan fingerprint density at radius 1 is 0.180 bits per heavy atom. The van der Waals surface area contributed by atoms with E-state index in [1.807, 2.05) is 0 Å². The maximum Gasteiger partial charge on any atom is -0.0295 e. The van der Waals surface area contributed by atoms with Crippen molar-refractivity contribution in [3.05, 3.63) is 0 Å². The number of hydrogen-bond donors (Lipinski definition) is 0. The molecule has 0 amide bonds. The van der Waals surface area contributed by atoms with E-state index in [2.05, 4.69) is 166 Å². The summed E-state index contributed by atoms with van der Waals surface area (Å²) in [7, 11) is 0. The second-order valence-electron chi connectivity index (χ2n) is 26.7. The zero-order valence-electron chi connectivity index (χ0n) is 47.3. The highest BCUT2D eigenvalue weighted by Crippen LogP contribution is 2.46. The summed E-state index contributed by atoms with van der Waals surface area (Å²) < 4.78 is 0. The first-order valence-corrected chi connectivity index (χ1v) is 27.5. The molecule has 0 rings (SSSR count). The van der Waals surface area contributed by atoms with Crippen LogP contribution >= 0.6 is 0 Å². The second kappa shape index (κ2) is 37.1. The van der Waals surface area contributed by atoms with Gasteiger partial charge in [-0.1, -0.05) is 231 Å². The Labute approximate surface area is 394 Å². The molecule has 0 aromatic heterocycles. The van der Waals surface area contributed by atoms with Gasteiger partial charge < -0.3 is 0 Å². The molecule has 0 heteroatoms. The van der Waals surface area contributed by atoms with E-state index in [1.54, 1.807) is 0 Å². The summed E-state index contributed by atoms with van der Waals surface area (Å²) in [5.74, 6) is 10.1. The van der Waals surface area contributed by atoms with Gasteiger partial charge in [-0.3, -0.25) is 0 Å². The first-order chi connectivity index (χ1) is 27.5. The van der Waals surface area contributed by atoms with Gasteiger partial charge in [-0.15, -0.1) is 0 Å². The molecule has 0 aromatic rings. The van der Waals surface area contributed by atoms with Crippen LogP contribution in [0, 0.1) is 87.3 Å². The Morgan fingerprint density at radius 2 is 0.279 bits per heavy atom. The van der Waals surface area contributed by atoms with E-state index in [9.17, 15) is 0 Å². The fourth-order valence-electron chi connectivity index (χ4n) is 10.00. The van der Waals surface area contributed by atoms with Crippen molar-refractivity contribution in [2.45, 2.75) is 308 Å². The lowest BCUT2D eigenvalue weighted by Gasteiger charge is -2.38. The largest absolute Gasteiger partial charge is 0.0776 e. The molecule has 0 N–H and O–H groups in total. The summed E-state index contributed by atoms with van der Waals surface area (Å²) in [6, 6.07) is 0. The summed E-state index contributed by atoms with van der Waals surface area (Å²) in [5.41, 5.74) is 1.85. The maximum atomic E-state index is 2.41. The third kappa shape index (κ3) is 42.4. The van der Waals surface area contributed by atoms with Gasteiger partial charge in [0.05, 0.1) is 0 Å². The molecule has 0 unspecified atom stereocenters. The van der Waals surface area contributed by atoms with Crippen molar-refractivity contribution in [2.75, 3.05) is 0 Å². The fraction of sp³-hybridized carbons (Fsp3) is 1.00. The average molecular weight is 864 g/mol. The smallest absolute Gasteiger partial charge is 0.0295 e. The fourth-order valence-corrected chi connectivity index (χ4v) is 10.00. The van der Waals surface area contributed by atoms with E-state index in [0.717, 1.165) is 71.0 Å². The van der Waals surface area contributed by atoms with Gasteiger partial charge in [0.15, 0.2) is 0 Å². The van der Waals surface area contributed by atoms with E-state index < -0.39 is 0 Å². The average Bonchev–Trinajstić information content (AvgIpc) is 3.09. The minimum Gasteiger partial charge on any atom is -0.0776 e. The van der Waals surface area contributed by atoms with Crippen molar-refractivity contribution in [1.29, 1.82) is 0 Å². The molecular formula is C61H130. The molecule has 374 valence electrons. The summed E-state index contributed by atoms with van der Waals surface area (Å²) >= 11 is 0. The van der Waals surface area contributed by atoms with Crippen molar-refractivity contribution in [3.63, 3.8) is 0 Å². The molecule has 0 radical (unpaired) electrons. The van der Waals surface area contributed by atoms with Crippen molar-refractivity contribution in [1.82, 2.24) is 0 Å². The SMILES string of the molecule is C.CC(C)CCC(CCC(C)C)(CCC(C)C)CC(C)C.CC(C)CCC(CCC(C)C)(CCC(C)C)CC(C)C.CC(C)CCC(CCC(C)C)(CCC(C)C)CC(C)C. The molecule has 0 saturated carbocycles. The Hall–Kier alpha value is 0. The molecule has 0 aliphatic heterocycles. The molecular weight excluding hydrogens is 733 g/mol. The van der Waals surface area contributed by atoms with Crippen LogP contribution in [0.4, 0.5) is 0 Å². The summed E-state index contributed by atoms with van der Waals surface area (Å²) in [5, 5.41) is 0. The van der Waals surface area contributed by atoms with Crippen LogP contribution in [-0.2, 0) is 0 Å². The van der Waals surface area contributed by atoms with Crippen molar-refractivity contribution >= 4 is 0 Å². The Morgan fingerprint density at radius 3 is 0.344 bits per heavy atom. The molecule has 0 atom stereocenters. The lowest BCUT2D eigenvalue weighted by atomic mass is 9.68. The quantitative estimate of drug-likeness (QED) is 0.0617. The topological polar surface area (TPSA) is 0 Å². The normalized spacial score (nSPS) is 13.0. The molecule has 0 heterocycles. The van der Waals surface area contributed by atoms with E-state index in [-0.39, 0.29) is 7.43 Å². The lowest BCUT2D eigenvalue weighted by Crippen LogP contribution is -2.25. The minimum absolute atomic E-state index is 0. The van der Waals surface area contributed by atoms with Crippen molar-refractivity contribution in [3.8, 4) is 0 Å². The van der Waals surface area contributed by atoms with Gasteiger partial charge in [0.1, 0.15) is 0 Å². The van der Waals surface area contributed by atoms with Crippen LogP contribution in [0.15, 0.2) is 0 Å². The molecule has 61 heavy (non-hydrogen) atoms. The second-order valence-corrected chi connectivity index (χ2v) is 26.7. The van der Waals surface area contributed by atoms with Crippen LogP contribution in [-0.4, -0.2) is 0 Å². The highest BCUT2D eigenvalue weighted by Gasteiger charge is 2.33. The molecule has 0 aromatic carbocycles. The van der Waals surface area contributed by atoms with Crippen LogP contribution in [0.1, 0.15) is 308 Å². The third-order valence-electron chi connectivity index (χ3n) is 13.8. The molecule has 0 aliphatic rings. The predicted molar refractivity (Wildman–Crippen MR) is 289 cm³/mol. The minimum atomic E-state index is 0. The van der Waals surface area contributed by atoms with Gasteiger partial charge in [-0.2, -0.15) is 0 Å². The summed E-state index contributed by atoms with van der Waals surface area (Å²) in [4.78, 5) is 0. The van der Waals surface area contributed by atoms with Crippen LogP contribution in [0.25, 0.3) is 0 Å². The van der Waals surface area contributed by atoms with Crippen LogP contribution in [0.2, 0.25) is 0 Å². The van der Waals surface area contributed by atoms with Gasteiger partial charge in [-0.25, -0.2) is 0 Å². The highest BCUT2D eigenvalue weighted by atomic mass is 14.4. The van der Waals surface area contributed by atoms with Crippen LogP contribution in [0.3, 0.4) is 0 Å². The number of hydrogen-bond acceptors (Lipinski definition) is 0. The van der Waals surface area contributed by atoms with Crippen LogP contribution < -0.4 is 0 Å². The zero-order valence-corrected chi connectivity index (χ0v) is 47.3. The Bertz CT molecular complexity index is 692. The highest BCUT2D eigenvalue weighted by molar-refractivity contribution is 4.85. The van der Waals surface area contributed by atoms with Crippen LogP contribution in [0.5, 0.6) is 0 Å². The first-order valence-electron chi connectivity index (χ1n) is 27.5. The monoisotopic (exact) mass is 863 g/mol. The van der Waals surface area contributed by atoms with E-state index in [0.29, 0.717) is 16.2 Å². The van der Waals surface area contributed by atoms with Gasteiger partial charge in [0, 0.05) is 0 Å². The standard InChI is InChI=1S/3C20H42.CH4/c3*1-16(2)9-12-20(15-19(7)8,13-10-17(3)4)14-11-18(5)6;/h3*16-19H,9-15H2,1-8H3;1H4. The maximum absolute atomic E-state index is 2.41. The van der Waals surface area contributed by atoms with E-state index in [1.165, 1.54) is 135 Å². The molecule has 0 saturated heterocycles. The van der Waals surface area contributed by atoms with Crippen molar-refractivity contribution in [2.24, 2.45) is 87.3 Å². The molecule has 0 nitrogen and oxygen atoms in total.